The molecular formula is C24H27F3N4O4. The molecule has 1 fully saturated rings. The van der Waals surface area contributed by atoms with E-state index in [9.17, 15) is 18.0 Å². The van der Waals surface area contributed by atoms with Crippen LogP contribution in [0.3, 0.4) is 0 Å². The van der Waals surface area contributed by atoms with Gasteiger partial charge in [-0.2, -0.15) is 13.2 Å². The standard InChI is InChI=1S/C22H26N4O2.C2HF3O2/c1-15-13-26(14-16(2)28-15)22(27)18-5-3-17(4-6-18)11-23-12-19-7-9-24-21-20(19)8-10-25-21;3-2(4,5)1(6)7/h3-10,15-16,23H,11-14H2,1-2H3,(H,24,25);(H,6,7). The number of pyridine rings is 1. The van der Waals surface area contributed by atoms with Crippen molar-refractivity contribution in [2.45, 2.75) is 45.3 Å². The molecule has 0 bridgehead atoms. The maximum Gasteiger partial charge on any atom is 0.490 e. The highest BCUT2D eigenvalue weighted by atomic mass is 19.4. The Morgan fingerprint density at radius 3 is 2.34 bits per heavy atom. The molecular weight excluding hydrogens is 465 g/mol. The number of alkyl halides is 3. The first-order valence-corrected chi connectivity index (χ1v) is 11.0. The highest BCUT2D eigenvalue weighted by molar-refractivity contribution is 5.94. The number of aromatic nitrogens is 2. The van der Waals surface area contributed by atoms with Gasteiger partial charge in [-0.1, -0.05) is 12.1 Å². The number of benzene rings is 1. The van der Waals surface area contributed by atoms with Gasteiger partial charge < -0.3 is 25.0 Å². The lowest BCUT2D eigenvalue weighted by Gasteiger charge is -2.35. The molecule has 0 saturated carbocycles. The number of hydrogen-bond donors (Lipinski definition) is 3. The van der Waals surface area contributed by atoms with Crippen LogP contribution < -0.4 is 5.32 Å². The summed E-state index contributed by atoms with van der Waals surface area (Å²) >= 11 is 0. The fourth-order valence-electron chi connectivity index (χ4n) is 3.81. The predicted octanol–water partition coefficient (Wildman–Crippen LogP) is 3.74. The lowest BCUT2D eigenvalue weighted by Crippen LogP contribution is -2.48. The van der Waals surface area contributed by atoms with Crippen molar-refractivity contribution in [2.75, 3.05) is 13.1 Å². The lowest BCUT2D eigenvalue weighted by molar-refractivity contribution is -0.192. The molecule has 3 heterocycles. The average molecular weight is 492 g/mol. The second-order valence-electron chi connectivity index (χ2n) is 8.28. The number of rotatable bonds is 5. The minimum absolute atomic E-state index is 0.0770. The Morgan fingerprint density at radius 1 is 1.11 bits per heavy atom. The van der Waals surface area contributed by atoms with Crippen molar-refractivity contribution >= 4 is 22.9 Å². The Morgan fingerprint density at radius 2 is 1.74 bits per heavy atom. The summed E-state index contributed by atoms with van der Waals surface area (Å²) in [6.45, 7) is 6.82. The molecule has 0 spiro atoms. The normalized spacial score (nSPS) is 18.1. The predicted molar refractivity (Wildman–Crippen MR) is 123 cm³/mol. The molecule has 1 amide bonds. The van der Waals surface area contributed by atoms with E-state index >= 15 is 0 Å². The topological polar surface area (TPSA) is 108 Å². The summed E-state index contributed by atoms with van der Waals surface area (Å²) in [5.41, 5.74) is 4.01. The van der Waals surface area contributed by atoms with E-state index in [2.05, 4.69) is 15.3 Å². The third-order valence-corrected chi connectivity index (χ3v) is 5.35. The van der Waals surface area contributed by atoms with Crippen LogP contribution in [0.25, 0.3) is 11.0 Å². The van der Waals surface area contributed by atoms with Gasteiger partial charge in [-0.3, -0.25) is 4.79 Å². The van der Waals surface area contributed by atoms with Crippen molar-refractivity contribution < 1.29 is 32.6 Å². The lowest BCUT2D eigenvalue weighted by atomic mass is 10.1. The number of carbonyl (C=O) groups is 2. The number of ether oxygens (including phenoxy) is 1. The molecule has 2 unspecified atom stereocenters. The summed E-state index contributed by atoms with van der Waals surface area (Å²) in [6.07, 6.45) is -1.19. The van der Waals surface area contributed by atoms with Crippen LogP contribution in [0, 0.1) is 0 Å². The maximum absolute atomic E-state index is 12.7. The van der Waals surface area contributed by atoms with E-state index < -0.39 is 12.1 Å². The van der Waals surface area contributed by atoms with Crippen LogP contribution in [0.1, 0.15) is 35.3 Å². The molecule has 1 aliphatic rings. The molecule has 0 radical (unpaired) electrons. The number of carbonyl (C=O) groups excluding carboxylic acids is 1. The fourth-order valence-corrected chi connectivity index (χ4v) is 3.81. The summed E-state index contributed by atoms with van der Waals surface area (Å²) < 4.78 is 37.5. The first-order valence-electron chi connectivity index (χ1n) is 11.0. The minimum atomic E-state index is -5.08. The van der Waals surface area contributed by atoms with Crippen molar-refractivity contribution in [1.29, 1.82) is 0 Å². The second-order valence-corrected chi connectivity index (χ2v) is 8.28. The smallest absolute Gasteiger partial charge is 0.475 e. The van der Waals surface area contributed by atoms with Crippen LogP contribution in [-0.4, -0.2) is 63.3 Å². The van der Waals surface area contributed by atoms with Gasteiger partial charge >= 0.3 is 12.1 Å². The first kappa shape index (κ1) is 26.2. The second kappa shape index (κ2) is 11.3. The van der Waals surface area contributed by atoms with Crippen molar-refractivity contribution in [2.24, 2.45) is 0 Å². The molecule has 8 nitrogen and oxygen atoms in total. The van der Waals surface area contributed by atoms with Gasteiger partial charge in [0.1, 0.15) is 5.65 Å². The number of morpholine rings is 1. The zero-order valence-electron chi connectivity index (χ0n) is 19.3. The van der Waals surface area contributed by atoms with E-state index in [1.54, 1.807) is 0 Å². The molecule has 1 saturated heterocycles. The van der Waals surface area contributed by atoms with E-state index in [-0.39, 0.29) is 18.1 Å². The Bertz CT molecular complexity index is 1140. The quantitative estimate of drug-likeness (QED) is 0.501. The van der Waals surface area contributed by atoms with Gasteiger partial charge in [-0.15, -0.1) is 0 Å². The van der Waals surface area contributed by atoms with Crippen LogP contribution >= 0.6 is 0 Å². The van der Waals surface area contributed by atoms with Crippen molar-refractivity contribution in [3.8, 4) is 0 Å². The number of H-pyrrole nitrogens is 1. The summed E-state index contributed by atoms with van der Waals surface area (Å²) in [4.78, 5) is 31.0. The summed E-state index contributed by atoms with van der Waals surface area (Å²) in [5.74, 6) is -2.68. The number of halogens is 3. The van der Waals surface area contributed by atoms with Crippen LogP contribution in [0.15, 0.2) is 48.8 Å². The highest BCUT2D eigenvalue weighted by Gasteiger charge is 2.38. The van der Waals surface area contributed by atoms with E-state index in [1.165, 1.54) is 5.56 Å². The van der Waals surface area contributed by atoms with Gasteiger partial charge in [0.25, 0.3) is 5.91 Å². The molecule has 3 N–H and O–H groups in total. The van der Waals surface area contributed by atoms with Gasteiger partial charge in [-0.25, -0.2) is 9.78 Å². The Kier molecular flexibility index (Phi) is 8.47. The SMILES string of the molecule is CC1CN(C(=O)c2ccc(CNCc3ccnc4[nH]ccc34)cc2)CC(C)O1.O=C(O)C(F)(F)F. The monoisotopic (exact) mass is 492 g/mol. The largest absolute Gasteiger partial charge is 0.490 e. The number of nitrogens with zero attached hydrogens (tertiary/aromatic N) is 2. The number of aliphatic carboxylic acids is 1. The molecule has 4 rings (SSSR count). The van der Waals surface area contributed by atoms with Gasteiger partial charge in [0, 0.05) is 49.5 Å². The summed E-state index contributed by atoms with van der Waals surface area (Å²) in [7, 11) is 0. The molecule has 11 heteroatoms. The summed E-state index contributed by atoms with van der Waals surface area (Å²) in [6, 6.07) is 12.0. The number of carboxylic acid groups (broad SMARTS) is 1. The van der Waals surface area contributed by atoms with E-state index in [0.717, 1.165) is 35.2 Å². The number of carboxylic acids is 1. The number of fused-ring (bicyclic) bond motifs is 1. The Labute approximate surface area is 200 Å². The Hall–Kier alpha value is -3.44. The Balaban J connectivity index is 0.000000429. The van der Waals surface area contributed by atoms with Crippen LogP contribution in [0.2, 0.25) is 0 Å². The molecule has 188 valence electrons. The molecule has 0 aliphatic carbocycles. The molecule has 1 aliphatic heterocycles. The van der Waals surface area contributed by atoms with E-state index in [0.29, 0.717) is 13.1 Å². The molecule has 1 aromatic carbocycles. The van der Waals surface area contributed by atoms with Crippen LogP contribution in [0.5, 0.6) is 0 Å². The fraction of sp³-hybridized carbons (Fsp3) is 0.375. The van der Waals surface area contributed by atoms with Crippen molar-refractivity contribution in [3.63, 3.8) is 0 Å². The molecule has 2 aromatic heterocycles. The zero-order valence-corrected chi connectivity index (χ0v) is 19.3. The highest BCUT2D eigenvalue weighted by Crippen LogP contribution is 2.17. The first-order chi connectivity index (χ1) is 16.5. The van der Waals surface area contributed by atoms with Crippen LogP contribution in [0.4, 0.5) is 13.2 Å². The third kappa shape index (κ3) is 7.27. The zero-order chi connectivity index (χ0) is 25.6. The van der Waals surface area contributed by atoms with Gasteiger partial charge in [0.05, 0.1) is 12.2 Å². The number of hydrogen-bond acceptors (Lipinski definition) is 5. The maximum atomic E-state index is 12.7. The summed E-state index contributed by atoms with van der Waals surface area (Å²) in [5, 5.41) is 11.7. The number of aromatic amines is 1. The van der Waals surface area contributed by atoms with Gasteiger partial charge in [0.15, 0.2) is 0 Å². The van der Waals surface area contributed by atoms with Gasteiger partial charge in [-0.05, 0) is 49.2 Å². The minimum Gasteiger partial charge on any atom is -0.475 e. The van der Waals surface area contributed by atoms with E-state index in [1.807, 2.05) is 67.5 Å². The van der Waals surface area contributed by atoms with Gasteiger partial charge in [0.2, 0.25) is 0 Å². The molecule has 35 heavy (non-hydrogen) atoms. The average Bonchev–Trinajstić information content (AvgIpc) is 3.28. The molecule has 3 aromatic rings. The van der Waals surface area contributed by atoms with Crippen molar-refractivity contribution in [3.05, 3.63) is 65.5 Å². The van der Waals surface area contributed by atoms with Crippen molar-refractivity contribution in [1.82, 2.24) is 20.2 Å². The third-order valence-electron chi connectivity index (χ3n) is 5.35. The number of amides is 1. The molecule has 2 atom stereocenters. The number of nitrogens with one attached hydrogen (secondary N) is 2. The van der Waals surface area contributed by atoms with E-state index in [4.69, 9.17) is 14.6 Å². The van der Waals surface area contributed by atoms with Crippen LogP contribution in [-0.2, 0) is 22.6 Å².